The molecule has 2 N–H and O–H groups in total. The lowest BCUT2D eigenvalue weighted by Crippen LogP contribution is -1.98. The Morgan fingerprint density at radius 2 is 2.00 bits per heavy atom. The first-order valence-corrected chi connectivity index (χ1v) is 6.03. The summed E-state index contributed by atoms with van der Waals surface area (Å²) in [6.45, 7) is 2.00. The highest BCUT2D eigenvalue weighted by Crippen LogP contribution is 2.36. The van der Waals surface area contributed by atoms with E-state index in [-0.39, 0.29) is 5.82 Å². The van der Waals surface area contributed by atoms with E-state index in [0.29, 0.717) is 5.69 Å². The summed E-state index contributed by atoms with van der Waals surface area (Å²) in [5.41, 5.74) is 10.4. The van der Waals surface area contributed by atoms with E-state index in [1.165, 1.54) is 6.07 Å². The van der Waals surface area contributed by atoms with E-state index < -0.39 is 0 Å². The van der Waals surface area contributed by atoms with Crippen molar-refractivity contribution in [3.63, 3.8) is 0 Å². The Kier molecular flexibility index (Phi) is 2.38. The van der Waals surface area contributed by atoms with Gasteiger partial charge in [-0.2, -0.15) is 5.10 Å². The number of hydrogen-bond donors (Lipinski definition) is 1. The van der Waals surface area contributed by atoms with Crippen LogP contribution < -0.4 is 5.73 Å². The van der Waals surface area contributed by atoms with Gasteiger partial charge in [0, 0.05) is 36.3 Å². The lowest BCUT2D eigenvalue weighted by molar-refractivity contribution is 0.629. The van der Waals surface area contributed by atoms with Gasteiger partial charge in [0.2, 0.25) is 0 Å². The fourth-order valence-corrected chi connectivity index (χ4v) is 2.60. The van der Waals surface area contributed by atoms with Gasteiger partial charge >= 0.3 is 0 Å². The topological polar surface area (TPSA) is 48.8 Å². The summed E-state index contributed by atoms with van der Waals surface area (Å²) in [7, 11) is 3.80. The largest absolute Gasteiger partial charge is 0.396 e. The SMILES string of the molecule is Cc1c(-c2c(N)cnn2C)c2cc(F)ccc2n1C. The Morgan fingerprint density at radius 3 is 2.63 bits per heavy atom. The van der Waals surface area contributed by atoms with Crippen molar-refractivity contribution in [1.29, 1.82) is 0 Å². The summed E-state index contributed by atoms with van der Waals surface area (Å²) in [5.74, 6) is -0.250. The molecule has 3 rings (SSSR count). The maximum atomic E-state index is 13.5. The maximum absolute atomic E-state index is 13.5. The van der Waals surface area contributed by atoms with Gasteiger partial charge in [0.05, 0.1) is 17.6 Å². The van der Waals surface area contributed by atoms with Crippen LogP contribution in [-0.2, 0) is 14.1 Å². The molecule has 1 aromatic carbocycles. The Hall–Kier alpha value is -2.30. The van der Waals surface area contributed by atoms with E-state index in [1.54, 1.807) is 23.0 Å². The molecule has 0 spiro atoms. The number of benzene rings is 1. The fourth-order valence-electron chi connectivity index (χ4n) is 2.60. The molecular weight excluding hydrogens is 243 g/mol. The van der Waals surface area contributed by atoms with Crippen molar-refractivity contribution in [2.75, 3.05) is 5.73 Å². The number of nitrogen functional groups attached to an aromatic ring is 1. The van der Waals surface area contributed by atoms with Gasteiger partial charge in [-0.1, -0.05) is 0 Å². The van der Waals surface area contributed by atoms with E-state index in [9.17, 15) is 4.39 Å². The van der Waals surface area contributed by atoms with Crippen LogP contribution in [0.2, 0.25) is 0 Å². The van der Waals surface area contributed by atoms with Crippen molar-refractivity contribution < 1.29 is 4.39 Å². The highest BCUT2D eigenvalue weighted by Gasteiger charge is 2.19. The number of aromatic nitrogens is 3. The zero-order chi connectivity index (χ0) is 13.7. The van der Waals surface area contributed by atoms with Gasteiger partial charge in [-0.15, -0.1) is 0 Å². The second-order valence-corrected chi connectivity index (χ2v) is 4.75. The average molecular weight is 258 g/mol. The first-order chi connectivity index (χ1) is 9.00. The molecule has 2 heterocycles. The normalized spacial score (nSPS) is 11.4. The lowest BCUT2D eigenvalue weighted by Gasteiger charge is -2.05. The zero-order valence-corrected chi connectivity index (χ0v) is 11.1. The molecule has 0 unspecified atom stereocenters. The van der Waals surface area contributed by atoms with Crippen LogP contribution in [0.15, 0.2) is 24.4 Å². The molecule has 98 valence electrons. The number of hydrogen-bond acceptors (Lipinski definition) is 2. The Bertz CT molecular complexity index is 763. The second kappa shape index (κ2) is 3.85. The van der Waals surface area contributed by atoms with E-state index in [0.717, 1.165) is 27.9 Å². The van der Waals surface area contributed by atoms with Crippen molar-refractivity contribution in [2.45, 2.75) is 6.92 Å². The highest BCUT2D eigenvalue weighted by molar-refractivity contribution is 5.99. The van der Waals surface area contributed by atoms with Gasteiger partial charge in [0.15, 0.2) is 0 Å². The minimum atomic E-state index is -0.250. The third-order valence-corrected chi connectivity index (χ3v) is 3.66. The maximum Gasteiger partial charge on any atom is 0.123 e. The van der Waals surface area contributed by atoms with Crippen molar-refractivity contribution >= 4 is 16.6 Å². The smallest absolute Gasteiger partial charge is 0.123 e. The monoisotopic (exact) mass is 258 g/mol. The molecule has 5 heteroatoms. The number of rotatable bonds is 1. The summed E-state index contributed by atoms with van der Waals surface area (Å²) in [6, 6.07) is 4.80. The molecule has 0 radical (unpaired) electrons. The van der Waals surface area contributed by atoms with Gasteiger partial charge in [0.1, 0.15) is 5.82 Å². The van der Waals surface area contributed by atoms with Gasteiger partial charge in [-0.3, -0.25) is 4.68 Å². The minimum absolute atomic E-state index is 0.250. The molecule has 3 aromatic rings. The molecule has 2 aromatic heterocycles. The van der Waals surface area contributed by atoms with E-state index in [4.69, 9.17) is 5.73 Å². The summed E-state index contributed by atoms with van der Waals surface area (Å²) >= 11 is 0. The molecule has 4 nitrogen and oxygen atoms in total. The number of nitrogens with two attached hydrogens (primary N) is 1. The molecule has 19 heavy (non-hydrogen) atoms. The number of aryl methyl sites for hydroxylation is 2. The lowest BCUT2D eigenvalue weighted by atomic mass is 10.1. The number of fused-ring (bicyclic) bond motifs is 1. The summed E-state index contributed by atoms with van der Waals surface area (Å²) in [6.07, 6.45) is 1.62. The first-order valence-electron chi connectivity index (χ1n) is 6.03. The molecule has 0 bridgehead atoms. The quantitative estimate of drug-likeness (QED) is 0.729. The Balaban J connectivity index is 2.47. The fraction of sp³-hybridized carbons (Fsp3) is 0.214. The molecule has 0 aliphatic rings. The van der Waals surface area contributed by atoms with E-state index >= 15 is 0 Å². The van der Waals surface area contributed by atoms with Gasteiger partial charge in [0.25, 0.3) is 0 Å². The third-order valence-electron chi connectivity index (χ3n) is 3.66. The summed E-state index contributed by atoms with van der Waals surface area (Å²) in [5, 5.41) is 5.02. The standard InChI is InChI=1S/C14H15FN4/c1-8-13(14-11(16)7-17-19(14)3)10-6-9(15)4-5-12(10)18(8)2/h4-7H,16H2,1-3H3. The highest BCUT2D eigenvalue weighted by atomic mass is 19.1. The molecule has 0 aliphatic carbocycles. The van der Waals surface area contributed by atoms with Gasteiger partial charge < -0.3 is 10.3 Å². The van der Waals surface area contributed by atoms with Crippen LogP contribution in [0.3, 0.4) is 0 Å². The summed E-state index contributed by atoms with van der Waals surface area (Å²) in [4.78, 5) is 0. The predicted molar refractivity (Wildman–Crippen MR) is 74.2 cm³/mol. The Labute approximate surface area is 110 Å². The van der Waals surface area contributed by atoms with Crippen LogP contribution >= 0.6 is 0 Å². The minimum Gasteiger partial charge on any atom is -0.396 e. The molecular formula is C14H15FN4. The van der Waals surface area contributed by atoms with Crippen LogP contribution in [0, 0.1) is 12.7 Å². The Morgan fingerprint density at radius 1 is 1.26 bits per heavy atom. The molecule has 0 amide bonds. The van der Waals surface area contributed by atoms with Gasteiger partial charge in [-0.25, -0.2) is 4.39 Å². The van der Waals surface area contributed by atoms with Crippen molar-refractivity contribution in [3.8, 4) is 11.3 Å². The second-order valence-electron chi connectivity index (χ2n) is 4.75. The summed E-state index contributed by atoms with van der Waals surface area (Å²) < 4.78 is 17.3. The molecule has 0 saturated heterocycles. The van der Waals surface area contributed by atoms with Crippen LogP contribution in [0.1, 0.15) is 5.69 Å². The molecule has 0 fully saturated rings. The number of halogens is 1. The van der Waals surface area contributed by atoms with Gasteiger partial charge in [-0.05, 0) is 25.1 Å². The third kappa shape index (κ3) is 1.54. The zero-order valence-electron chi connectivity index (χ0n) is 11.1. The van der Waals surface area contributed by atoms with Crippen molar-refractivity contribution in [2.24, 2.45) is 14.1 Å². The van der Waals surface area contributed by atoms with E-state index in [1.807, 2.05) is 25.6 Å². The van der Waals surface area contributed by atoms with Crippen LogP contribution in [0.4, 0.5) is 10.1 Å². The number of nitrogens with zero attached hydrogens (tertiary/aromatic N) is 3. The van der Waals surface area contributed by atoms with Crippen molar-refractivity contribution in [1.82, 2.24) is 14.3 Å². The van der Waals surface area contributed by atoms with Crippen LogP contribution in [0.25, 0.3) is 22.2 Å². The average Bonchev–Trinajstić information content (AvgIpc) is 2.80. The predicted octanol–water partition coefficient (Wildman–Crippen LogP) is 2.61. The first kappa shape index (κ1) is 11.8. The number of anilines is 1. The van der Waals surface area contributed by atoms with Crippen molar-refractivity contribution in [3.05, 3.63) is 35.9 Å². The molecule has 0 atom stereocenters. The van der Waals surface area contributed by atoms with Crippen LogP contribution in [-0.4, -0.2) is 14.3 Å². The van der Waals surface area contributed by atoms with Crippen LogP contribution in [0.5, 0.6) is 0 Å². The van der Waals surface area contributed by atoms with E-state index in [2.05, 4.69) is 5.10 Å². The molecule has 0 saturated carbocycles. The molecule has 0 aliphatic heterocycles.